The first kappa shape index (κ1) is 14.1. The second-order valence-corrected chi connectivity index (χ2v) is 6.07. The second-order valence-electron chi connectivity index (χ2n) is 6.07. The van der Waals surface area contributed by atoms with Crippen LogP contribution in [0.2, 0.25) is 0 Å². The maximum atomic E-state index is 13.7. The number of hydrogen-bond donors (Lipinski definition) is 0. The lowest BCUT2D eigenvalue weighted by Gasteiger charge is -2.57. The smallest absolute Gasteiger partial charge is 0.146 e. The van der Waals surface area contributed by atoms with E-state index in [4.69, 9.17) is 5.26 Å². The van der Waals surface area contributed by atoms with Crippen molar-refractivity contribution in [2.45, 2.75) is 25.0 Å². The van der Waals surface area contributed by atoms with Crippen molar-refractivity contribution < 1.29 is 4.39 Å². The molecule has 5 rings (SSSR count). The summed E-state index contributed by atoms with van der Waals surface area (Å²) in [5.41, 5.74) is 0.949. The summed E-state index contributed by atoms with van der Waals surface area (Å²) in [5, 5.41) is 8.99. The number of nitriles is 1. The van der Waals surface area contributed by atoms with Crippen molar-refractivity contribution in [2.75, 3.05) is 18.0 Å². The molecule has 3 fully saturated rings. The zero-order chi connectivity index (χ0) is 15.8. The molecule has 5 heterocycles. The Morgan fingerprint density at radius 1 is 1.22 bits per heavy atom. The summed E-state index contributed by atoms with van der Waals surface area (Å²) >= 11 is 0. The topological polar surface area (TPSA) is 56.1 Å². The average Bonchev–Trinajstić information content (AvgIpc) is 2.57. The summed E-state index contributed by atoms with van der Waals surface area (Å²) in [7, 11) is 0. The van der Waals surface area contributed by atoms with Gasteiger partial charge in [0.25, 0.3) is 0 Å². The number of halogens is 1. The van der Waals surface area contributed by atoms with Crippen molar-refractivity contribution >= 4 is 5.82 Å². The minimum absolute atomic E-state index is 0.244. The lowest BCUT2D eigenvalue weighted by atomic mass is 9.87. The fourth-order valence-electron chi connectivity index (χ4n) is 3.58. The summed E-state index contributed by atoms with van der Waals surface area (Å²) in [6, 6.07) is 11.4. The van der Waals surface area contributed by atoms with Crippen molar-refractivity contribution in [2.24, 2.45) is 0 Å². The third-order valence-electron chi connectivity index (χ3n) is 4.59. The molecule has 0 radical (unpaired) electrons. The normalized spacial score (nSPS) is 23.2. The van der Waals surface area contributed by atoms with Gasteiger partial charge in [-0.15, -0.1) is 0 Å². The van der Waals surface area contributed by atoms with E-state index in [1.165, 1.54) is 6.07 Å². The molecule has 23 heavy (non-hydrogen) atoms. The van der Waals surface area contributed by atoms with E-state index in [0.717, 1.165) is 25.3 Å². The Morgan fingerprint density at radius 3 is 2.78 bits per heavy atom. The van der Waals surface area contributed by atoms with E-state index in [1.54, 1.807) is 18.3 Å². The number of hydrogen-bond acceptors (Lipinski definition) is 5. The van der Waals surface area contributed by atoms with Crippen molar-refractivity contribution in [1.82, 2.24) is 14.9 Å². The van der Waals surface area contributed by atoms with Gasteiger partial charge < -0.3 is 4.90 Å². The highest BCUT2D eigenvalue weighted by Gasteiger charge is 2.45. The Balaban J connectivity index is 1.46. The molecule has 0 aliphatic carbocycles. The SMILES string of the molecule is N#Cc1cccc(N2C3CC2CN(Cc2ncccc2F)C3)n1. The van der Waals surface area contributed by atoms with Crippen molar-refractivity contribution in [3.05, 3.63) is 53.7 Å². The van der Waals surface area contributed by atoms with Crippen LogP contribution in [0.1, 0.15) is 17.8 Å². The first-order valence-corrected chi connectivity index (χ1v) is 7.72. The molecule has 2 aromatic rings. The second kappa shape index (κ2) is 5.60. The van der Waals surface area contributed by atoms with E-state index in [-0.39, 0.29) is 5.82 Å². The molecule has 0 saturated carbocycles. The third kappa shape index (κ3) is 2.53. The lowest BCUT2D eigenvalue weighted by molar-refractivity contribution is 0.105. The van der Waals surface area contributed by atoms with E-state index in [1.807, 2.05) is 12.1 Å². The molecule has 0 spiro atoms. The zero-order valence-corrected chi connectivity index (χ0v) is 12.6. The maximum absolute atomic E-state index is 13.7. The van der Waals surface area contributed by atoms with Crippen LogP contribution in [0.25, 0.3) is 0 Å². The van der Waals surface area contributed by atoms with Crippen LogP contribution in [-0.4, -0.2) is 40.0 Å². The average molecular weight is 309 g/mol. The number of rotatable bonds is 3. The van der Waals surface area contributed by atoms with Crippen LogP contribution in [-0.2, 0) is 6.54 Å². The molecule has 0 N–H and O–H groups in total. The monoisotopic (exact) mass is 309 g/mol. The van der Waals surface area contributed by atoms with Gasteiger partial charge in [0.05, 0.1) is 5.69 Å². The summed E-state index contributed by atoms with van der Waals surface area (Å²) in [4.78, 5) is 13.1. The molecule has 0 aromatic carbocycles. The fourth-order valence-corrected chi connectivity index (χ4v) is 3.58. The Bertz CT molecular complexity index is 760. The highest BCUT2D eigenvalue weighted by molar-refractivity contribution is 5.48. The number of nitrogens with zero attached hydrogens (tertiary/aromatic N) is 5. The van der Waals surface area contributed by atoms with Gasteiger partial charge in [-0.2, -0.15) is 5.26 Å². The van der Waals surface area contributed by atoms with Gasteiger partial charge in [0.2, 0.25) is 0 Å². The van der Waals surface area contributed by atoms with Gasteiger partial charge in [-0.25, -0.2) is 9.37 Å². The zero-order valence-electron chi connectivity index (χ0n) is 12.6. The van der Waals surface area contributed by atoms with Crippen LogP contribution >= 0.6 is 0 Å². The molecule has 2 bridgehead atoms. The van der Waals surface area contributed by atoms with Crippen molar-refractivity contribution in [3.8, 4) is 6.07 Å². The molecule has 2 aromatic heterocycles. The Kier molecular flexibility index (Phi) is 3.43. The molecule has 2 atom stereocenters. The van der Waals surface area contributed by atoms with E-state index in [0.29, 0.717) is 30.0 Å². The van der Waals surface area contributed by atoms with Gasteiger partial charge in [-0.05, 0) is 30.7 Å². The fraction of sp³-hybridized carbons (Fsp3) is 0.353. The molecule has 3 aliphatic heterocycles. The summed E-state index contributed by atoms with van der Waals surface area (Å²) in [6.07, 6.45) is 2.76. The van der Waals surface area contributed by atoms with Crippen LogP contribution in [0, 0.1) is 17.1 Å². The quantitative estimate of drug-likeness (QED) is 0.867. The van der Waals surface area contributed by atoms with E-state index < -0.39 is 0 Å². The summed E-state index contributed by atoms with van der Waals surface area (Å²) < 4.78 is 13.7. The Hall–Kier alpha value is -2.52. The van der Waals surface area contributed by atoms with Gasteiger partial charge in [0.15, 0.2) is 0 Å². The molecule has 5 nitrogen and oxygen atoms in total. The number of piperidine rings is 1. The molecule has 3 aliphatic rings. The van der Waals surface area contributed by atoms with Gasteiger partial charge >= 0.3 is 0 Å². The molecule has 116 valence electrons. The number of pyridine rings is 2. The van der Waals surface area contributed by atoms with Crippen LogP contribution in [0.4, 0.5) is 10.2 Å². The van der Waals surface area contributed by atoms with E-state index in [9.17, 15) is 4.39 Å². The number of fused-ring (bicyclic) bond motifs is 2. The van der Waals surface area contributed by atoms with Crippen molar-refractivity contribution in [1.29, 1.82) is 5.26 Å². The maximum Gasteiger partial charge on any atom is 0.146 e. The van der Waals surface area contributed by atoms with E-state index in [2.05, 4.69) is 25.8 Å². The predicted octanol–water partition coefficient (Wildman–Crippen LogP) is 1.95. The molecular formula is C17H16FN5. The van der Waals surface area contributed by atoms with E-state index >= 15 is 0 Å². The van der Waals surface area contributed by atoms with Crippen LogP contribution < -0.4 is 4.90 Å². The predicted molar refractivity (Wildman–Crippen MR) is 83.1 cm³/mol. The Morgan fingerprint density at radius 2 is 2.04 bits per heavy atom. The highest BCUT2D eigenvalue weighted by atomic mass is 19.1. The van der Waals surface area contributed by atoms with Gasteiger partial charge in [-0.3, -0.25) is 9.88 Å². The third-order valence-corrected chi connectivity index (χ3v) is 4.59. The molecule has 3 saturated heterocycles. The van der Waals surface area contributed by atoms with Gasteiger partial charge in [0, 0.05) is 37.9 Å². The molecule has 0 amide bonds. The first-order chi connectivity index (χ1) is 11.2. The minimum atomic E-state index is -0.244. The lowest BCUT2D eigenvalue weighted by Crippen LogP contribution is -2.69. The van der Waals surface area contributed by atoms with Gasteiger partial charge in [0.1, 0.15) is 23.4 Å². The van der Waals surface area contributed by atoms with Crippen LogP contribution in [0.5, 0.6) is 0 Å². The highest BCUT2D eigenvalue weighted by Crippen LogP contribution is 2.36. The Labute approximate surface area is 134 Å². The standard InChI is InChI=1S/C17H16FN5/c18-15-4-2-6-20-16(15)11-22-9-13-7-14(10-22)23(13)17-5-1-3-12(8-19)21-17/h1-6,13-14H,7,9-11H2. The number of piperazine rings is 1. The number of anilines is 1. The largest absolute Gasteiger partial charge is 0.348 e. The van der Waals surface area contributed by atoms with Gasteiger partial charge in [-0.1, -0.05) is 6.07 Å². The summed E-state index contributed by atoms with van der Waals surface area (Å²) in [5.74, 6) is 0.626. The van der Waals surface area contributed by atoms with Crippen LogP contribution in [0.15, 0.2) is 36.5 Å². The summed E-state index contributed by atoms with van der Waals surface area (Å²) in [6.45, 7) is 2.27. The first-order valence-electron chi connectivity index (χ1n) is 7.72. The van der Waals surface area contributed by atoms with Crippen molar-refractivity contribution in [3.63, 3.8) is 0 Å². The molecule has 2 unspecified atom stereocenters. The number of aromatic nitrogens is 2. The molecule has 6 heteroatoms. The van der Waals surface area contributed by atoms with Crippen LogP contribution in [0.3, 0.4) is 0 Å². The minimum Gasteiger partial charge on any atom is -0.348 e. The molecular weight excluding hydrogens is 293 g/mol.